The number of hydrogen-bond donors (Lipinski definition) is 0. The molecule has 0 aliphatic heterocycles. The molecule has 1 radical (unpaired) electrons. The van der Waals surface area contributed by atoms with E-state index in [1.54, 1.807) is 0 Å². The fourth-order valence-electron chi connectivity index (χ4n) is 0.729. The molecule has 0 aliphatic rings. The molecule has 0 N–H and O–H groups in total. The van der Waals surface area contributed by atoms with Crippen LogP contribution >= 0.6 is 0 Å². The minimum Gasteiger partial charge on any atom is -0.381 e. The van der Waals surface area contributed by atoms with Crippen molar-refractivity contribution in [2.75, 3.05) is 13.2 Å². The van der Waals surface area contributed by atoms with Crippen molar-refractivity contribution in [2.24, 2.45) is 0 Å². The topological polar surface area (TPSA) is 9.23 Å². The summed E-state index contributed by atoms with van der Waals surface area (Å²) in [5, 5.41) is 0. The summed E-state index contributed by atoms with van der Waals surface area (Å²) >= 11 is 0. The molecule has 0 aromatic rings. The second kappa shape index (κ2) is 8.96. The largest absolute Gasteiger partial charge is 0.381 e. The van der Waals surface area contributed by atoms with Gasteiger partial charge in [-0.2, -0.15) is 0 Å². The van der Waals surface area contributed by atoms with E-state index in [2.05, 4.69) is 13.8 Å². The maximum absolute atomic E-state index is 5.35. The van der Waals surface area contributed by atoms with Gasteiger partial charge in [0.15, 0.2) is 0 Å². The first-order valence-corrected chi connectivity index (χ1v) is 4.28. The maximum Gasteiger partial charge on any atom is 0.0466 e. The lowest BCUT2D eigenvalue weighted by atomic mass is 10.3. The third-order valence-electron chi connectivity index (χ3n) is 1.43. The predicted molar refractivity (Wildman–Crippen MR) is 44.9 cm³/mol. The van der Waals surface area contributed by atoms with Gasteiger partial charge in [0.25, 0.3) is 0 Å². The van der Waals surface area contributed by atoms with E-state index in [-0.39, 0.29) is 0 Å². The van der Waals surface area contributed by atoms with Gasteiger partial charge >= 0.3 is 0 Å². The molecule has 0 aliphatic carbocycles. The zero-order chi connectivity index (χ0) is 7.66. The third-order valence-corrected chi connectivity index (χ3v) is 1.43. The van der Waals surface area contributed by atoms with E-state index in [9.17, 15) is 0 Å². The van der Waals surface area contributed by atoms with Crippen LogP contribution in [-0.2, 0) is 4.74 Å². The van der Waals surface area contributed by atoms with Crippen LogP contribution in [0.2, 0.25) is 0 Å². The molecule has 0 heterocycles. The van der Waals surface area contributed by atoms with Crippen LogP contribution in [0.5, 0.6) is 0 Å². The van der Waals surface area contributed by atoms with Gasteiger partial charge in [-0.25, -0.2) is 0 Å². The Morgan fingerprint density at radius 1 is 1.10 bits per heavy atom. The van der Waals surface area contributed by atoms with Crippen LogP contribution in [0.15, 0.2) is 0 Å². The van der Waals surface area contributed by atoms with E-state index in [1.165, 1.54) is 25.7 Å². The average molecular weight is 143 g/mol. The summed E-state index contributed by atoms with van der Waals surface area (Å²) in [5.74, 6) is 0. The van der Waals surface area contributed by atoms with Crippen molar-refractivity contribution >= 4 is 0 Å². The smallest absolute Gasteiger partial charge is 0.0466 e. The number of unbranched alkanes of at least 4 members (excludes halogenated alkanes) is 3. The van der Waals surface area contributed by atoms with Crippen LogP contribution in [0.4, 0.5) is 0 Å². The van der Waals surface area contributed by atoms with Gasteiger partial charge in [-0.15, -0.1) is 0 Å². The molecule has 1 heteroatoms. The SMILES string of the molecule is [CH2]CCCCOCCCC. The summed E-state index contributed by atoms with van der Waals surface area (Å²) in [6.07, 6.45) is 5.84. The Labute approximate surface area is 64.8 Å². The summed E-state index contributed by atoms with van der Waals surface area (Å²) < 4.78 is 5.35. The van der Waals surface area contributed by atoms with E-state index >= 15 is 0 Å². The summed E-state index contributed by atoms with van der Waals surface area (Å²) in [6, 6.07) is 0. The molecule has 61 valence electrons. The third kappa shape index (κ3) is 7.96. The van der Waals surface area contributed by atoms with E-state index < -0.39 is 0 Å². The van der Waals surface area contributed by atoms with Crippen LogP contribution in [0.3, 0.4) is 0 Å². The van der Waals surface area contributed by atoms with Crippen molar-refractivity contribution in [1.29, 1.82) is 0 Å². The number of rotatable bonds is 7. The zero-order valence-electron chi connectivity index (χ0n) is 7.07. The highest BCUT2D eigenvalue weighted by Crippen LogP contribution is 1.95. The highest BCUT2D eigenvalue weighted by Gasteiger charge is 1.86. The molecule has 0 aromatic carbocycles. The highest BCUT2D eigenvalue weighted by atomic mass is 16.5. The summed E-state index contributed by atoms with van der Waals surface area (Å²) in [4.78, 5) is 0. The van der Waals surface area contributed by atoms with Crippen molar-refractivity contribution in [2.45, 2.75) is 39.0 Å². The normalized spacial score (nSPS) is 10.2. The van der Waals surface area contributed by atoms with Gasteiger partial charge in [0.05, 0.1) is 0 Å². The minimum absolute atomic E-state index is 0.926. The molecule has 0 atom stereocenters. The van der Waals surface area contributed by atoms with Crippen molar-refractivity contribution in [3.63, 3.8) is 0 Å². The summed E-state index contributed by atoms with van der Waals surface area (Å²) in [7, 11) is 0. The van der Waals surface area contributed by atoms with Crippen molar-refractivity contribution in [3.8, 4) is 0 Å². The molecule has 0 saturated heterocycles. The summed E-state index contributed by atoms with van der Waals surface area (Å²) in [6.45, 7) is 7.81. The van der Waals surface area contributed by atoms with E-state index in [4.69, 9.17) is 4.74 Å². The molecular weight excluding hydrogens is 124 g/mol. The van der Waals surface area contributed by atoms with Gasteiger partial charge < -0.3 is 4.74 Å². The Bertz CT molecular complexity index is 44.7. The molecular formula is C9H19O. The Hall–Kier alpha value is -0.0400. The van der Waals surface area contributed by atoms with Gasteiger partial charge in [-0.1, -0.05) is 33.1 Å². The molecule has 1 nitrogen and oxygen atoms in total. The lowest BCUT2D eigenvalue weighted by Gasteiger charge is -2.00. The zero-order valence-corrected chi connectivity index (χ0v) is 7.07. The lowest BCUT2D eigenvalue weighted by molar-refractivity contribution is 0.128. The lowest BCUT2D eigenvalue weighted by Crippen LogP contribution is -1.95. The van der Waals surface area contributed by atoms with Crippen LogP contribution in [0, 0.1) is 6.92 Å². The van der Waals surface area contributed by atoms with Crippen molar-refractivity contribution in [3.05, 3.63) is 6.92 Å². The van der Waals surface area contributed by atoms with Crippen LogP contribution in [-0.4, -0.2) is 13.2 Å². The van der Waals surface area contributed by atoms with E-state index in [0.29, 0.717) is 0 Å². The first kappa shape index (κ1) is 9.96. The Morgan fingerprint density at radius 2 is 1.80 bits per heavy atom. The number of ether oxygens (including phenoxy) is 1. The molecule has 0 amide bonds. The molecule has 0 fully saturated rings. The average Bonchev–Trinajstić information content (AvgIpc) is 1.97. The first-order chi connectivity index (χ1) is 4.91. The van der Waals surface area contributed by atoms with Gasteiger partial charge in [-0.05, 0) is 12.8 Å². The summed E-state index contributed by atoms with van der Waals surface area (Å²) in [5.41, 5.74) is 0. The van der Waals surface area contributed by atoms with Crippen LogP contribution in [0.1, 0.15) is 39.0 Å². The second-order valence-electron chi connectivity index (χ2n) is 2.53. The molecule has 0 aromatic heterocycles. The van der Waals surface area contributed by atoms with Gasteiger partial charge in [-0.3, -0.25) is 0 Å². The Balaban J connectivity index is 2.65. The van der Waals surface area contributed by atoms with Crippen LogP contribution < -0.4 is 0 Å². The maximum atomic E-state index is 5.35. The monoisotopic (exact) mass is 143 g/mol. The molecule has 0 unspecified atom stereocenters. The molecule has 0 saturated carbocycles. The Kier molecular flexibility index (Phi) is 8.92. The van der Waals surface area contributed by atoms with Gasteiger partial charge in [0.2, 0.25) is 0 Å². The fraction of sp³-hybridized carbons (Fsp3) is 0.889. The second-order valence-corrected chi connectivity index (χ2v) is 2.53. The number of hydrogen-bond acceptors (Lipinski definition) is 1. The Morgan fingerprint density at radius 3 is 2.40 bits per heavy atom. The van der Waals surface area contributed by atoms with Crippen molar-refractivity contribution in [1.82, 2.24) is 0 Å². The standard InChI is InChI=1S/C9H19O/c1-3-5-7-9-10-8-6-4-2/h1,3-9H2,2H3. The van der Waals surface area contributed by atoms with Gasteiger partial charge in [0.1, 0.15) is 0 Å². The first-order valence-electron chi connectivity index (χ1n) is 4.28. The predicted octanol–water partition coefficient (Wildman–Crippen LogP) is 2.81. The minimum atomic E-state index is 0.926. The molecule has 0 spiro atoms. The molecule has 0 bridgehead atoms. The molecule has 0 rings (SSSR count). The fourth-order valence-corrected chi connectivity index (χ4v) is 0.729. The quantitative estimate of drug-likeness (QED) is 0.498. The van der Waals surface area contributed by atoms with E-state index in [0.717, 1.165) is 19.6 Å². The molecule has 10 heavy (non-hydrogen) atoms. The highest BCUT2D eigenvalue weighted by molar-refractivity contribution is 4.41. The van der Waals surface area contributed by atoms with Crippen LogP contribution in [0.25, 0.3) is 0 Å². The van der Waals surface area contributed by atoms with E-state index in [1.807, 2.05) is 0 Å². The van der Waals surface area contributed by atoms with Gasteiger partial charge in [0, 0.05) is 13.2 Å². The van der Waals surface area contributed by atoms with Crippen molar-refractivity contribution < 1.29 is 4.74 Å².